The predicted octanol–water partition coefficient (Wildman–Crippen LogP) is 6.34. The number of hydrogen-bond acceptors (Lipinski definition) is 2. The second kappa shape index (κ2) is 14.1. The Morgan fingerprint density at radius 3 is 2.09 bits per heavy atom. The van der Waals surface area contributed by atoms with Crippen molar-refractivity contribution in [3.8, 4) is 0 Å². The van der Waals surface area contributed by atoms with Gasteiger partial charge in [-0.25, -0.2) is 0 Å². The number of halogens is 1. The lowest BCUT2D eigenvalue weighted by molar-refractivity contribution is -0.116. The van der Waals surface area contributed by atoms with Gasteiger partial charge < -0.3 is 0 Å². The van der Waals surface area contributed by atoms with Crippen molar-refractivity contribution < 1.29 is 4.79 Å². The maximum absolute atomic E-state index is 11.1. The SMILES string of the molecule is CC(C)=CCC/C(C)=C/CC/C(C)=C/CSCCC(=O)CCl. The van der Waals surface area contributed by atoms with Gasteiger partial charge in [0.25, 0.3) is 0 Å². The zero-order valence-electron chi connectivity index (χ0n) is 14.6. The van der Waals surface area contributed by atoms with Crippen LogP contribution in [0.5, 0.6) is 0 Å². The first kappa shape index (κ1) is 21.5. The van der Waals surface area contributed by atoms with Gasteiger partial charge in [0.05, 0.1) is 5.88 Å². The summed E-state index contributed by atoms with van der Waals surface area (Å²) in [6, 6.07) is 0. The molecule has 0 saturated heterocycles. The van der Waals surface area contributed by atoms with Crippen LogP contribution in [0.4, 0.5) is 0 Å². The van der Waals surface area contributed by atoms with Gasteiger partial charge in [-0.1, -0.05) is 34.9 Å². The van der Waals surface area contributed by atoms with Crippen molar-refractivity contribution in [3.05, 3.63) is 34.9 Å². The van der Waals surface area contributed by atoms with E-state index in [0.717, 1.165) is 30.8 Å². The van der Waals surface area contributed by atoms with E-state index in [1.54, 1.807) is 11.8 Å². The molecule has 0 unspecified atom stereocenters. The molecule has 0 saturated carbocycles. The van der Waals surface area contributed by atoms with Gasteiger partial charge in [-0.15, -0.1) is 11.6 Å². The van der Waals surface area contributed by atoms with Crippen LogP contribution < -0.4 is 0 Å². The normalized spacial score (nSPS) is 12.4. The Balaban J connectivity index is 3.78. The van der Waals surface area contributed by atoms with E-state index in [2.05, 4.69) is 45.9 Å². The first-order valence-electron chi connectivity index (χ1n) is 8.05. The molecule has 0 aliphatic carbocycles. The molecule has 0 aliphatic rings. The highest BCUT2D eigenvalue weighted by molar-refractivity contribution is 7.99. The number of thioether (sulfide) groups is 1. The highest BCUT2D eigenvalue weighted by Gasteiger charge is 1.98. The summed E-state index contributed by atoms with van der Waals surface area (Å²) in [4.78, 5) is 11.1. The number of ketones is 1. The standard InChI is InChI=1S/C19H31ClOS/c1-16(2)7-5-8-17(3)9-6-10-18(4)11-13-22-14-12-19(21)15-20/h7,9,11H,5-6,8,10,12-15H2,1-4H3/b17-9+,18-11+. The first-order valence-corrected chi connectivity index (χ1v) is 9.74. The van der Waals surface area contributed by atoms with Gasteiger partial charge in [0.15, 0.2) is 0 Å². The maximum atomic E-state index is 11.1. The fraction of sp³-hybridized carbons (Fsp3) is 0.632. The predicted molar refractivity (Wildman–Crippen MR) is 103 cm³/mol. The topological polar surface area (TPSA) is 17.1 Å². The Morgan fingerprint density at radius 2 is 1.50 bits per heavy atom. The summed E-state index contributed by atoms with van der Waals surface area (Å²) >= 11 is 7.27. The molecule has 0 fully saturated rings. The summed E-state index contributed by atoms with van der Waals surface area (Å²) < 4.78 is 0. The van der Waals surface area contributed by atoms with Crippen LogP contribution in [0.15, 0.2) is 34.9 Å². The van der Waals surface area contributed by atoms with E-state index in [-0.39, 0.29) is 11.7 Å². The molecule has 3 heteroatoms. The molecule has 0 aromatic heterocycles. The molecule has 0 N–H and O–H groups in total. The molecule has 126 valence electrons. The molecule has 0 rings (SSSR count). The lowest BCUT2D eigenvalue weighted by Gasteiger charge is -2.02. The van der Waals surface area contributed by atoms with Crippen LogP contribution in [0.2, 0.25) is 0 Å². The zero-order chi connectivity index (χ0) is 16.8. The third kappa shape index (κ3) is 14.5. The Bertz CT molecular complexity index is 404. The minimum atomic E-state index is 0.142. The summed E-state index contributed by atoms with van der Waals surface area (Å²) in [5.41, 5.74) is 4.32. The van der Waals surface area contributed by atoms with Crippen LogP contribution >= 0.6 is 23.4 Å². The lowest BCUT2D eigenvalue weighted by atomic mass is 10.1. The van der Waals surface area contributed by atoms with E-state index in [0.29, 0.717) is 6.42 Å². The average Bonchev–Trinajstić information content (AvgIpc) is 2.46. The van der Waals surface area contributed by atoms with Gasteiger partial charge >= 0.3 is 0 Å². The molecule has 0 aromatic rings. The van der Waals surface area contributed by atoms with Crippen molar-refractivity contribution in [3.63, 3.8) is 0 Å². The Labute approximate surface area is 146 Å². The highest BCUT2D eigenvalue weighted by atomic mass is 35.5. The first-order chi connectivity index (χ1) is 10.5. The van der Waals surface area contributed by atoms with Crippen molar-refractivity contribution in [1.82, 2.24) is 0 Å². The van der Waals surface area contributed by atoms with Crippen LogP contribution in [0.3, 0.4) is 0 Å². The summed E-state index contributed by atoms with van der Waals surface area (Å²) in [7, 11) is 0. The maximum Gasteiger partial charge on any atom is 0.148 e. The smallest absolute Gasteiger partial charge is 0.148 e. The molecule has 0 radical (unpaired) electrons. The molecule has 0 amide bonds. The largest absolute Gasteiger partial charge is 0.298 e. The van der Waals surface area contributed by atoms with E-state index in [1.165, 1.54) is 23.1 Å². The third-order valence-electron chi connectivity index (χ3n) is 3.35. The number of allylic oxidation sites excluding steroid dienone is 5. The molecule has 0 heterocycles. The number of carbonyl (C=O) groups excluding carboxylic acids is 1. The van der Waals surface area contributed by atoms with Crippen LogP contribution in [0.1, 0.15) is 59.8 Å². The molecule has 22 heavy (non-hydrogen) atoms. The van der Waals surface area contributed by atoms with Crippen molar-refractivity contribution in [2.45, 2.75) is 59.8 Å². The van der Waals surface area contributed by atoms with Gasteiger partial charge in [-0.3, -0.25) is 4.79 Å². The minimum absolute atomic E-state index is 0.142. The molecule has 0 atom stereocenters. The van der Waals surface area contributed by atoms with Gasteiger partial charge in [0, 0.05) is 17.9 Å². The van der Waals surface area contributed by atoms with Crippen molar-refractivity contribution >= 4 is 29.1 Å². The number of Topliss-reactive ketones (excluding diaryl/α,β-unsaturated/α-hetero) is 1. The van der Waals surface area contributed by atoms with Crippen molar-refractivity contribution in [1.29, 1.82) is 0 Å². The number of carbonyl (C=O) groups is 1. The van der Waals surface area contributed by atoms with Gasteiger partial charge in [0.1, 0.15) is 5.78 Å². The monoisotopic (exact) mass is 342 g/mol. The molecular formula is C19H31ClOS. The lowest BCUT2D eigenvalue weighted by Crippen LogP contribution is -2.00. The Morgan fingerprint density at radius 1 is 0.909 bits per heavy atom. The van der Waals surface area contributed by atoms with E-state index < -0.39 is 0 Å². The average molecular weight is 343 g/mol. The molecule has 0 bridgehead atoms. The number of alkyl halides is 1. The van der Waals surface area contributed by atoms with Crippen molar-refractivity contribution in [2.24, 2.45) is 0 Å². The van der Waals surface area contributed by atoms with E-state index >= 15 is 0 Å². The minimum Gasteiger partial charge on any atom is -0.298 e. The van der Waals surface area contributed by atoms with Gasteiger partial charge in [0.2, 0.25) is 0 Å². The van der Waals surface area contributed by atoms with Crippen LogP contribution in [-0.2, 0) is 4.79 Å². The van der Waals surface area contributed by atoms with Crippen LogP contribution in [0.25, 0.3) is 0 Å². The third-order valence-corrected chi connectivity index (χ3v) is 4.54. The molecule has 0 aliphatic heterocycles. The number of hydrogen-bond donors (Lipinski definition) is 0. The number of rotatable bonds is 12. The second-order valence-corrected chi connectivity index (χ2v) is 7.37. The van der Waals surface area contributed by atoms with E-state index in [4.69, 9.17) is 11.6 Å². The molecule has 0 aromatic carbocycles. The molecule has 1 nitrogen and oxygen atoms in total. The summed E-state index contributed by atoms with van der Waals surface area (Å²) in [6.07, 6.45) is 12.1. The van der Waals surface area contributed by atoms with Gasteiger partial charge in [-0.05, 0) is 53.4 Å². The molecular weight excluding hydrogens is 312 g/mol. The van der Waals surface area contributed by atoms with Crippen LogP contribution in [-0.4, -0.2) is 23.2 Å². The fourth-order valence-electron chi connectivity index (χ4n) is 1.88. The summed E-state index contributed by atoms with van der Waals surface area (Å²) in [5, 5.41) is 0. The zero-order valence-corrected chi connectivity index (χ0v) is 16.2. The highest BCUT2D eigenvalue weighted by Crippen LogP contribution is 2.12. The summed E-state index contributed by atoms with van der Waals surface area (Å²) in [6.45, 7) is 8.71. The summed E-state index contributed by atoms with van der Waals surface area (Å²) in [5.74, 6) is 2.15. The van der Waals surface area contributed by atoms with Crippen LogP contribution in [0, 0.1) is 0 Å². The van der Waals surface area contributed by atoms with Gasteiger partial charge in [-0.2, -0.15) is 11.8 Å². The van der Waals surface area contributed by atoms with Crippen molar-refractivity contribution in [2.75, 3.05) is 17.4 Å². The van der Waals surface area contributed by atoms with E-state index in [9.17, 15) is 4.79 Å². The fourth-order valence-corrected chi connectivity index (χ4v) is 2.95. The Hall–Kier alpha value is -0.470. The van der Waals surface area contributed by atoms with E-state index in [1.807, 2.05) is 0 Å². The molecule has 0 spiro atoms. The quantitative estimate of drug-likeness (QED) is 0.234. The Kier molecular flexibility index (Phi) is 13.8. The second-order valence-electron chi connectivity index (χ2n) is 5.96.